The smallest absolute Gasteiger partial charge is 0.204 e. The van der Waals surface area contributed by atoms with Crippen molar-refractivity contribution in [1.29, 1.82) is 0 Å². The molecule has 0 saturated carbocycles. The molecule has 0 unspecified atom stereocenters. The molecule has 3 rings (SSSR count). The molecule has 4 heteroatoms. The Morgan fingerprint density at radius 1 is 1.19 bits per heavy atom. The lowest BCUT2D eigenvalue weighted by molar-refractivity contribution is 0.365. The highest BCUT2D eigenvalue weighted by Gasteiger charge is 2.16. The molecule has 3 aromatic rings. The minimum Gasteiger partial charge on any atom is -0.493 e. The van der Waals surface area contributed by atoms with E-state index in [0.717, 1.165) is 0 Å². The predicted molar refractivity (Wildman–Crippen MR) is 82.2 cm³/mol. The molecular formula is C17H14O4. The van der Waals surface area contributed by atoms with E-state index >= 15 is 0 Å². The first-order chi connectivity index (χ1) is 10.3. The molecule has 0 bridgehead atoms. The zero-order valence-corrected chi connectivity index (χ0v) is 11.6. The molecule has 1 heterocycles. The Morgan fingerprint density at radius 2 is 1.95 bits per heavy atom. The van der Waals surface area contributed by atoms with Crippen LogP contribution in [-0.4, -0.2) is 13.7 Å². The SMILES string of the molecule is C=CCOc1ccc(OC)c2oc3ccccc3c(=O)c12. The zero-order valence-electron chi connectivity index (χ0n) is 11.6. The summed E-state index contributed by atoms with van der Waals surface area (Å²) in [5.74, 6) is 0.962. The average molecular weight is 282 g/mol. The molecule has 0 aliphatic rings. The summed E-state index contributed by atoms with van der Waals surface area (Å²) >= 11 is 0. The van der Waals surface area contributed by atoms with E-state index in [9.17, 15) is 4.79 Å². The average Bonchev–Trinajstić information content (AvgIpc) is 2.52. The summed E-state index contributed by atoms with van der Waals surface area (Å²) in [5.41, 5.74) is 0.779. The monoisotopic (exact) mass is 282 g/mol. The standard InChI is InChI=1S/C17H14O4/c1-3-10-20-13-8-9-14(19-2)17-15(13)16(18)11-6-4-5-7-12(11)21-17/h3-9H,1,10H2,2H3. The number of para-hydroxylation sites is 1. The van der Waals surface area contributed by atoms with Crippen LogP contribution in [-0.2, 0) is 0 Å². The van der Waals surface area contributed by atoms with Gasteiger partial charge in [-0.1, -0.05) is 24.8 Å². The van der Waals surface area contributed by atoms with Gasteiger partial charge in [0.25, 0.3) is 0 Å². The molecule has 2 aromatic carbocycles. The fourth-order valence-electron chi connectivity index (χ4n) is 2.28. The van der Waals surface area contributed by atoms with Crippen LogP contribution >= 0.6 is 0 Å². The second kappa shape index (κ2) is 5.32. The van der Waals surface area contributed by atoms with E-state index in [1.165, 1.54) is 7.11 Å². The number of ether oxygens (including phenoxy) is 2. The van der Waals surface area contributed by atoms with E-state index in [0.29, 0.717) is 40.0 Å². The van der Waals surface area contributed by atoms with Gasteiger partial charge >= 0.3 is 0 Å². The Labute approximate surface area is 121 Å². The van der Waals surface area contributed by atoms with Crippen LogP contribution in [0.5, 0.6) is 11.5 Å². The van der Waals surface area contributed by atoms with Gasteiger partial charge in [-0.05, 0) is 24.3 Å². The number of hydrogen-bond acceptors (Lipinski definition) is 4. The highest BCUT2D eigenvalue weighted by Crippen LogP contribution is 2.33. The third kappa shape index (κ3) is 2.14. The second-order valence-corrected chi connectivity index (χ2v) is 4.50. The molecule has 0 amide bonds. The Hall–Kier alpha value is -2.75. The van der Waals surface area contributed by atoms with Gasteiger partial charge in [0.1, 0.15) is 23.3 Å². The number of rotatable bonds is 4. The van der Waals surface area contributed by atoms with E-state index in [2.05, 4.69) is 6.58 Å². The summed E-state index contributed by atoms with van der Waals surface area (Å²) in [6, 6.07) is 10.5. The molecule has 0 fully saturated rings. The maximum absolute atomic E-state index is 12.7. The van der Waals surface area contributed by atoms with E-state index in [1.807, 2.05) is 6.07 Å². The van der Waals surface area contributed by atoms with Crippen LogP contribution in [0.15, 0.2) is 58.3 Å². The van der Waals surface area contributed by atoms with Crippen molar-refractivity contribution in [2.75, 3.05) is 13.7 Å². The summed E-state index contributed by atoms with van der Waals surface area (Å²) in [7, 11) is 1.54. The van der Waals surface area contributed by atoms with E-state index in [4.69, 9.17) is 13.9 Å². The van der Waals surface area contributed by atoms with Gasteiger partial charge in [0.2, 0.25) is 5.43 Å². The molecule has 0 aliphatic carbocycles. The Bertz CT molecular complexity index is 877. The molecule has 0 N–H and O–H groups in total. The van der Waals surface area contributed by atoms with Crippen LogP contribution in [0.1, 0.15) is 0 Å². The summed E-state index contributed by atoms with van der Waals surface area (Å²) in [6.45, 7) is 3.92. The lowest BCUT2D eigenvalue weighted by Gasteiger charge is -2.10. The van der Waals surface area contributed by atoms with E-state index in [-0.39, 0.29) is 5.43 Å². The van der Waals surface area contributed by atoms with E-state index < -0.39 is 0 Å². The summed E-state index contributed by atoms with van der Waals surface area (Å²) < 4.78 is 16.7. The molecule has 0 radical (unpaired) electrons. The van der Waals surface area contributed by atoms with Gasteiger partial charge in [-0.3, -0.25) is 4.79 Å². The van der Waals surface area contributed by atoms with Crippen molar-refractivity contribution in [3.63, 3.8) is 0 Å². The fraction of sp³-hybridized carbons (Fsp3) is 0.118. The third-order valence-electron chi connectivity index (χ3n) is 3.23. The van der Waals surface area contributed by atoms with Gasteiger partial charge in [0.05, 0.1) is 12.5 Å². The Morgan fingerprint density at radius 3 is 2.71 bits per heavy atom. The largest absolute Gasteiger partial charge is 0.493 e. The van der Waals surface area contributed by atoms with Crippen LogP contribution in [0.2, 0.25) is 0 Å². The van der Waals surface area contributed by atoms with Crippen molar-refractivity contribution in [1.82, 2.24) is 0 Å². The highest BCUT2D eigenvalue weighted by molar-refractivity contribution is 5.96. The quantitative estimate of drug-likeness (QED) is 0.542. The Balaban J connectivity index is 2.43. The normalized spacial score (nSPS) is 10.7. The van der Waals surface area contributed by atoms with Gasteiger partial charge < -0.3 is 13.9 Å². The van der Waals surface area contributed by atoms with E-state index in [1.54, 1.807) is 36.4 Å². The highest BCUT2D eigenvalue weighted by atomic mass is 16.5. The van der Waals surface area contributed by atoms with Crippen LogP contribution in [0.4, 0.5) is 0 Å². The number of fused-ring (bicyclic) bond motifs is 2. The van der Waals surface area contributed by atoms with Crippen molar-refractivity contribution in [3.8, 4) is 11.5 Å². The molecule has 0 saturated heterocycles. The number of methoxy groups -OCH3 is 1. The van der Waals surface area contributed by atoms with Crippen LogP contribution in [0, 0.1) is 0 Å². The molecule has 4 nitrogen and oxygen atoms in total. The predicted octanol–water partition coefficient (Wildman–Crippen LogP) is 3.52. The molecule has 0 aliphatic heterocycles. The van der Waals surface area contributed by atoms with Crippen LogP contribution < -0.4 is 14.9 Å². The first-order valence-electron chi connectivity index (χ1n) is 6.52. The van der Waals surface area contributed by atoms with Crippen LogP contribution in [0.3, 0.4) is 0 Å². The van der Waals surface area contributed by atoms with Crippen molar-refractivity contribution in [2.24, 2.45) is 0 Å². The topological polar surface area (TPSA) is 48.7 Å². The summed E-state index contributed by atoms with van der Waals surface area (Å²) in [5, 5.41) is 0.900. The van der Waals surface area contributed by atoms with Crippen molar-refractivity contribution >= 4 is 21.9 Å². The number of benzene rings is 2. The maximum atomic E-state index is 12.7. The summed E-state index contributed by atoms with van der Waals surface area (Å²) in [6.07, 6.45) is 1.62. The number of hydrogen-bond donors (Lipinski definition) is 0. The maximum Gasteiger partial charge on any atom is 0.204 e. The minimum atomic E-state index is -0.134. The van der Waals surface area contributed by atoms with Gasteiger partial charge in [0.15, 0.2) is 11.3 Å². The zero-order chi connectivity index (χ0) is 14.8. The molecule has 1 aromatic heterocycles. The molecule has 0 atom stereocenters. The second-order valence-electron chi connectivity index (χ2n) is 4.50. The Kier molecular flexibility index (Phi) is 3.36. The fourth-order valence-corrected chi connectivity index (χ4v) is 2.28. The van der Waals surface area contributed by atoms with Gasteiger partial charge in [0, 0.05) is 0 Å². The van der Waals surface area contributed by atoms with Crippen molar-refractivity contribution in [3.05, 3.63) is 59.3 Å². The molecule has 0 spiro atoms. The lowest BCUT2D eigenvalue weighted by Crippen LogP contribution is -2.06. The minimum absolute atomic E-state index is 0.134. The molecule has 21 heavy (non-hydrogen) atoms. The first-order valence-corrected chi connectivity index (χ1v) is 6.52. The molecule has 106 valence electrons. The van der Waals surface area contributed by atoms with Crippen molar-refractivity contribution < 1.29 is 13.9 Å². The van der Waals surface area contributed by atoms with Gasteiger partial charge in [-0.15, -0.1) is 0 Å². The lowest BCUT2D eigenvalue weighted by atomic mass is 10.1. The van der Waals surface area contributed by atoms with Gasteiger partial charge in [-0.2, -0.15) is 0 Å². The van der Waals surface area contributed by atoms with Crippen molar-refractivity contribution in [2.45, 2.75) is 0 Å². The van der Waals surface area contributed by atoms with Gasteiger partial charge in [-0.25, -0.2) is 0 Å². The van der Waals surface area contributed by atoms with Crippen LogP contribution in [0.25, 0.3) is 21.9 Å². The first kappa shape index (κ1) is 13.2. The summed E-state index contributed by atoms with van der Waals surface area (Å²) in [4.78, 5) is 12.7. The third-order valence-corrected chi connectivity index (χ3v) is 3.23. The molecular weight excluding hydrogens is 268 g/mol.